The second kappa shape index (κ2) is 8.48. The molecule has 144 valence electrons. The Labute approximate surface area is 165 Å². The number of hydrogen-bond acceptors (Lipinski definition) is 4. The Kier molecular flexibility index (Phi) is 5.63. The summed E-state index contributed by atoms with van der Waals surface area (Å²) in [5.74, 6) is 1.49. The molecule has 4 rings (SSSR count). The predicted molar refractivity (Wildman–Crippen MR) is 111 cm³/mol. The first kappa shape index (κ1) is 18.6. The normalized spacial score (nSPS) is 18.2. The summed E-state index contributed by atoms with van der Waals surface area (Å²) in [6.07, 6.45) is 5.62. The number of nitrogens with zero attached hydrogens (tertiary/aromatic N) is 3. The Balaban J connectivity index is 1.40. The van der Waals surface area contributed by atoms with E-state index in [0.29, 0.717) is 17.7 Å². The van der Waals surface area contributed by atoms with E-state index < -0.39 is 0 Å². The molecule has 28 heavy (non-hydrogen) atoms. The largest absolute Gasteiger partial charge is 0.307 e. The molecule has 0 aliphatic carbocycles. The van der Waals surface area contributed by atoms with Crippen LogP contribution in [0.3, 0.4) is 0 Å². The Morgan fingerprint density at radius 2 is 1.96 bits per heavy atom. The van der Waals surface area contributed by atoms with Crippen molar-refractivity contribution >= 4 is 0 Å². The van der Waals surface area contributed by atoms with Gasteiger partial charge >= 0.3 is 0 Å². The van der Waals surface area contributed by atoms with Crippen molar-refractivity contribution in [2.75, 3.05) is 19.6 Å². The monoisotopic (exact) mass is 374 g/mol. The molecule has 1 N–H and O–H groups in total. The van der Waals surface area contributed by atoms with E-state index in [1.165, 1.54) is 5.56 Å². The smallest absolute Gasteiger partial charge is 0.251 e. The summed E-state index contributed by atoms with van der Waals surface area (Å²) in [5.41, 5.74) is 3.10. The van der Waals surface area contributed by atoms with Gasteiger partial charge in [0.15, 0.2) is 0 Å². The highest BCUT2D eigenvalue weighted by atomic mass is 16.1. The van der Waals surface area contributed by atoms with Gasteiger partial charge in [0.2, 0.25) is 0 Å². The van der Waals surface area contributed by atoms with Gasteiger partial charge in [0.25, 0.3) is 5.56 Å². The zero-order chi connectivity index (χ0) is 19.3. The van der Waals surface area contributed by atoms with Crippen LogP contribution in [0.4, 0.5) is 0 Å². The topological polar surface area (TPSA) is 61.9 Å². The molecule has 1 aromatic carbocycles. The lowest BCUT2D eigenvalue weighted by Crippen LogP contribution is -2.23. The van der Waals surface area contributed by atoms with Gasteiger partial charge in [-0.05, 0) is 49.5 Å². The minimum Gasteiger partial charge on any atom is -0.307 e. The fourth-order valence-electron chi connectivity index (χ4n) is 3.93. The highest BCUT2D eigenvalue weighted by molar-refractivity contribution is 5.53. The number of likely N-dealkylation sites (tertiary alicyclic amines) is 1. The number of rotatable bonds is 6. The first-order chi connectivity index (χ1) is 13.7. The fraction of sp³-hybridized carbons (Fsp3) is 0.348. The van der Waals surface area contributed by atoms with Gasteiger partial charge in [-0.25, -0.2) is 4.98 Å². The van der Waals surface area contributed by atoms with Gasteiger partial charge in [-0.15, -0.1) is 0 Å². The molecule has 2 atom stereocenters. The van der Waals surface area contributed by atoms with Crippen molar-refractivity contribution in [3.8, 4) is 11.4 Å². The molecule has 0 unspecified atom stereocenters. The minimum absolute atomic E-state index is 0.0898. The Morgan fingerprint density at radius 3 is 2.75 bits per heavy atom. The van der Waals surface area contributed by atoms with Crippen LogP contribution in [0.25, 0.3) is 11.4 Å². The van der Waals surface area contributed by atoms with Crippen molar-refractivity contribution in [1.82, 2.24) is 19.9 Å². The van der Waals surface area contributed by atoms with Gasteiger partial charge in [0, 0.05) is 36.5 Å². The summed E-state index contributed by atoms with van der Waals surface area (Å²) in [5, 5.41) is 0. The van der Waals surface area contributed by atoms with Crippen LogP contribution in [0.15, 0.2) is 65.7 Å². The maximum Gasteiger partial charge on any atom is 0.251 e. The van der Waals surface area contributed by atoms with Gasteiger partial charge in [-0.2, -0.15) is 0 Å². The van der Waals surface area contributed by atoms with E-state index in [9.17, 15) is 4.79 Å². The van der Waals surface area contributed by atoms with Gasteiger partial charge in [-0.3, -0.25) is 9.78 Å². The fourth-order valence-corrected chi connectivity index (χ4v) is 3.93. The molecule has 5 nitrogen and oxygen atoms in total. The van der Waals surface area contributed by atoms with Crippen molar-refractivity contribution in [2.45, 2.75) is 31.6 Å². The van der Waals surface area contributed by atoms with Crippen LogP contribution in [0.5, 0.6) is 0 Å². The molecular weight excluding hydrogens is 348 g/mol. The molecule has 1 fully saturated rings. The molecule has 0 saturated carbocycles. The first-order valence-corrected chi connectivity index (χ1v) is 9.98. The van der Waals surface area contributed by atoms with E-state index in [-0.39, 0.29) is 5.56 Å². The average Bonchev–Trinajstić information content (AvgIpc) is 3.22. The quantitative estimate of drug-likeness (QED) is 0.713. The first-order valence-electron chi connectivity index (χ1n) is 9.98. The number of benzene rings is 1. The Hall–Kier alpha value is -2.79. The summed E-state index contributed by atoms with van der Waals surface area (Å²) in [4.78, 5) is 26.3. The molecule has 0 radical (unpaired) electrons. The summed E-state index contributed by atoms with van der Waals surface area (Å²) in [6.45, 7) is 5.40. The Morgan fingerprint density at radius 1 is 1.18 bits per heavy atom. The number of pyridine rings is 1. The summed E-state index contributed by atoms with van der Waals surface area (Å²) < 4.78 is 0. The van der Waals surface area contributed by atoms with E-state index >= 15 is 0 Å². The molecular formula is C23H26N4O. The van der Waals surface area contributed by atoms with Crippen LogP contribution in [-0.2, 0) is 0 Å². The molecule has 0 bridgehead atoms. The summed E-state index contributed by atoms with van der Waals surface area (Å²) in [7, 11) is 0. The third-order valence-electron chi connectivity index (χ3n) is 5.65. The summed E-state index contributed by atoms with van der Waals surface area (Å²) in [6, 6.07) is 16.1. The van der Waals surface area contributed by atoms with E-state index in [2.05, 4.69) is 52.1 Å². The van der Waals surface area contributed by atoms with Crippen LogP contribution < -0.4 is 5.56 Å². The average molecular weight is 374 g/mol. The zero-order valence-corrected chi connectivity index (χ0v) is 16.2. The zero-order valence-electron chi connectivity index (χ0n) is 16.2. The van der Waals surface area contributed by atoms with Crippen molar-refractivity contribution in [2.24, 2.45) is 0 Å². The molecule has 3 heterocycles. The standard InChI is InChI=1S/C23H26N4O/c1-17(18-5-3-2-4-6-18)9-13-27-14-10-20(16-27)21-15-22(28)26-23(25-21)19-7-11-24-12-8-19/h2-8,11-12,15,17,20H,9-10,13-14,16H2,1H3,(H,25,26,28)/t17-,20-/m1/s1. The number of aromatic amines is 1. The van der Waals surface area contributed by atoms with E-state index in [4.69, 9.17) is 4.98 Å². The molecule has 1 aliphatic heterocycles. The molecule has 2 aromatic heterocycles. The second-order valence-corrected chi connectivity index (χ2v) is 7.64. The molecule has 0 amide bonds. The molecule has 1 saturated heterocycles. The van der Waals surface area contributed by atoms with E-state index in [0.717, 1.165) is 43.7 Å². The van der Waals surface area contributed by atoms with Gasteiger partial charge in [-0.1, -0.05) is 37.3 Å². The minimum atomic E-state index is -0.0898. The van der Waals surface area contributed by atoms with Crippen LogP contribution in [0.1, 0.15) is 42.9 Å². The van der Waals surface area contributed by atoms with Crippen LogP contribution in [-0.4, -0.2) is 39.5 Å². The lowest BCUT2D eigenvalue weighted by molar-refractivity contribution is 0.320. The van der Waals surface area contributed by atoms with E-state index in [1.54, 1.807) is 18.5 Å². The van der Waals surface area contributed by atoms with Crippen LogP contribution >= 0.6 is 0 Å². The van der Waals surface area contributed by atoms with Crippen molar-refractivity contribution in [3.05, 3.63) is 82.5 Å². The summed E-state index contributed by atoms with van der Waals surface area (Å²) >= 11 is 0. The number of hydrogen-bond donors (Lipinski definition) is 1. The van der Waals surface area contributed by atoms with Crippen molar-refractivity contribution < 1.29 is 0 Å². The van der Waals surface area contributed by atoms with Crippen molar-refractivity contribution in [3.63, 3.8) is 0 Å². The Bertz CT molecular complexity index is 955. The van der Waals surface area contributed by atoms with E-state index in [1.807, 2.05) is 12.1 Å². The second-order valence-electron chi connectivity index (χ2n) is 7.64. The van der Waals surface area contributed by atoms with Crippen LogP contribution in [0.2, 0.25) is 0 Å². The van der Waals surface area contributed by atoms with Crippen LogP contribution in [0, 0.1) is 0 Å². The number of aromatic nitrogens is 3. The molecule has 1 aliphatic rings. The number of nitrogens with one attached hydrogen (secondary N) is 1. The molecule has 3 aromatic rings. The highest BCUT2D eigenvalue weighted by Gasteiger charge is 2.26. The lowest BCUT2D eigenvalue weighted by atomic mass is 9.98. The third kappa shape index (κ3) is 4.37. The maximum atomic E-state index is 12.2. The van der Waals surface area contributed by atoms with Gasteiger partial charge in [0.1, 0.15) is 5.82 Å². The third-order valence-corrected chi connectivity index (χ3v) is 5.65. The molecule has 5 heteroatoms. The SMILES string of the molecule is C[C@H](CCN1CC[C@@H](c2cc(=O)[nH]c(-c3ccncc3)n2)C1)c1ccccc1. The lowest BCUT2D eigenvalue weighted by Gasteiger charge is -2.19. The van der Waals surface area contributed by atoms with Gasteiger partial charge < -0.3 is 9.88 Å². The van der Waals surface area contributed by atoms with Crippen molar-refractivity contribution in [1.29, 1.82) is 0 Å². The number of H-pyrrole nitrogens is 1. The highest BCUT2D eigenvalue weighted by Crippen LogP contribution is 2.27. The van der Waals surface area contributed by atoms with Gasteiger partial charge in [0.05, 0.1) is 5.69 Å². The maximum absolute atomic E-state index is 12.2. The molecule has 0 spiro atoms. The predicted octanol–water partition coefficient (Wildman–Crippen LogP) is 3.82.